The maximum absolute atomic E-state index is 15.1. The molecule has 0 fully saturated rings. The van der Waals surface area contributed by atoms with E-state index in [1.807, 2.05) is 19.9 Å². The minimum atomic E-state index is -3.61. The Bertz CT molecular complexity index is 1210. The number of urea groups is 1. The molecule has 166 valence electrons. The second-order valence-electron chi connectivity index (χ2n) is 7.69. The Labute approximate surface area is 183 Å². The summed E-state index contributed by atoms with van der Waals surface area (Å²) in [6, 6.07) is 1.34. The maximum atomic E-state index is 15.1. The molecule has 0 spiro atoms. The molecule has 1 aromatic heterocycles. The molecule has 1 aliphatic rings. The van der Waals surface area contributed by atoms with E-state index in [-0.39, 0.29) is 31.9 Å². The molecule has 1 aromatic carbocycles. The van der Waals surface area contributed by atoms with Gasteiger partial charge in [0, 0.05) is 11.6 Å². The molecule has 0 saturated heterocycles. The number of halogens is 1. The number of carbonyl (C=O) groups is 1. The van der Waals surface area contributed by atoms with Crippen molar-refractivity contribution in [3.8, 4) is 6.07 Å². The SMILES string of the molecule is CC(C)c1cc(C#N)c(F)c2c1NC(=O)N=S(=O)(c1cnc(C(C)(O)CO)s1)NC2C. The number of benzene rings is 1. The number of aromatic nitrogens is 1. The quantitative estimate of drug-likeness (QED) is 0.543. The van der Waals surface area contributed by atoms with Crippen molar-refractivity contribution in [3.05, 3.63) is 39.8 Å². The van der Waals surface area contributed by atoms with E-state index in [1.165, 1.54) is 19.2 Å². The highest BCUT2D eigenvalue weighted by atomic mass is 32.2. The summed E-state index contributed by atoms with van der Waals surface area (Å²) in [6.45, 7) is 5.94. The Hall–Kier alpha value is -2.43. The Balaban J connectivity index is 2.18. The average molecular weight is 468 g/mol. The van der Waals surface area contributed by atoms with Crippen molar-refractivity contribution in [1.82, 2.24) is 9.71 Å². The van der Waals surface area contributed by atoms with Gasteiger partial charge in [-0.25, -0.2) is 23.1 Å². The van der Waals surface area contributed by atoms with Gasteiger partial charge < -0.3 is 15.5 Å². The average Bonchev–Trinajstić information content (AvgIpc) is 3.18. The first-order valence-electron chi connectivity index (χ1n) is 9.35. The highest BCUT2D eigenvalue weighted by molar-refractivity contribution is 7.94. The molecule has 9 nitrogen and oxygen atoms in total. The lowest BCUT2D eigenvalue weighted by molar-refractivity contribution is -0.00244. The summed E-state index contributed by atoms with van der Waals surface area (Å²) in [7, 11) is -3.61. The molecular weight excluding hydrogens is 445 g/mol. The number of carbonyl (C=O) groups excluding carboxylic acids is 1. The lowest BCUT2D eigenvalue weighted by Gasteiger charge is -2.26. The molecule has 3 rings (SSSR count). The van der Waals surface area contributed by atoms with Crippen molar-refractivity contribution in [3.63, 3.8) is 0 Å². The van der Waals surface area contributed by atoms with E-state index in [2.05, 4.69) is 19.4 Å². The number of rotatable bonds is 4. The Morgan fingerprint density at radius 3 is 2.74 bits per heavy atom. The van der Waals surface area contributed by atoms with E-state index in [0.29, 0.717) is 5.56 Å². The number of nitriles is 1. The molecule has 12 heteroatoms. The van der Waals surface area contributed by atoms with Gasteiger partial charge in [-0.2, -0.15) is 5.26 Å². The van der Waals surface area contributed by atoms with E-state index < -0.39 is 40.0 Å². The largest absolute Gasteiger partial charge is 0.393 e. The van der Waals surface area contributed by atoms with E-state index in [1.54, 1.807) is 6.92 Å². The summed E-state index contributed by atoms with van der Waals surface area (Å²) in [5, 5.41) is 31.5. The number of aliphatic hydroxyl groups is 2. The molecule has 2 amide bonds. The molecule has 3 unspecified atom stereocenters. The molecule has 2 heterocycles. The predicted octanol–water partition coefficient (Wildman–Crippen LogP) is 3.12. The van der Waals surface area contributed by atoms with E-state index in [4.69, 9.17) is 0 Å². The van der Waals surface area contributed by atoms with Crippen molar-refractivity contribution >= 4 is 33.0 Å². The van der Waals surface area contributed by atoms with Crippen molar-refractivity contribution in [2.75, 3.05) is 11.9 Å². The van der Waals surface area contributed by atoms with Gasteiger partial charge in [-0.1, -0.05) is 13.8 Å². The number of amides is 2. The van der Waals surface area contributed by atoms with Gasteiger partial charge in [-0.05, 0) is 31.4 Å². The summed E-state index contributed by atoms with van der Waals surface area (Å²) in [5.41, 5.74) is -1.10. The Morgan fingerprint density at radius 2 is 2.16 bits per heavy atom. The molecule has 0 saturated carbocycles. The van der Waals surface area contributed by atoms with Crippen LogP contribution in [0.25, 0.3) is 0 Å². The first-order valence-corrected chi connectivity index (χ1v) is 11.7. The van der Waals surface area contributed by atoms with Crippen molar-refractivity contribution in [1.29, 1.82) is 5.26 Å². The molecule has 1 aliphatic heterocycles. The molecule has 0 radical (unpaired) electrons. The van der Waals surface area contributed by atoms with Crippen LogP contribution in [0, 0.1) is 17.1 Å². The first-order chi connectivity index (χ1) is 14.4. The highest BCUT2D eigenvalue weighted by Gasteiger charge is 2.33. The van der Waals surface area contributed by atoms with Gasteiger partial charge in [0.25, 0.3) is 0 Å². The number of aliphatic hydroxyl groups excluding tert-OH is 1. The summed E-state index contributed by atoms with van der Waals surface area (Å²) >= 11 is 0.812. The van der Waals surface area contributed by atoms with Crippen LogP contribution >= 0.6 is 11.3 Å². The molecule has 3 atom stereocenters. The fraction of sp³-hybridized carbons (Fsp3) is 0.421. The summed E-state index contributed by atoms with van der Waals surface area (Å²) in [6.07, 6.45) is 1.19. The van der Waals surface area contributed by atoms with Crippen molar-refractivity contribution in [2.45, 2.75) is 49.5 Å². The topological polar surface area (TPSA) is 148 Å². The number of nitrogens with one attached hydrogen (secondary N) is 2. The zero-order valence-electron chi connectivity index (χ0n) is 17.3. The second-order valence-corrected chi connectivity index (χ2v) is 10.9. The monoisotopic (exact) mass is 467 g/mol. The lowest BCUT2D eigenvalue weighted by atomic mass is 9.92. The number of thiazole rings is 1. The number of fused-ring (bicyclic) bond motifs is 1. The lowest BCUT2D eigenvalue weighted by Crippen LogP contribution is -2.32. The third-order valence-electron chi connectivity index (χ3n) is 4.81. The highest BCUT2D eigenvalue weighted by Crippen LogP contribution is 2.38. The van der Waals surface area contributed by atoms with Gasteiger partial charge in [-0.15, -0.1) is 15.7 Å². The zero-order chi connectivity index (χ0) is 23.1. The zero-order valence-corrected chi connectivity index (χ0v) is 18.9. The van der Waals surface area contributed by atoms with Crippen LogP contribution in [-0.4, -0.2) is 32.0 Å². The smallest absolute Gasteiger partial charge is 0.354 e. The van der Waals surface area contributed by atoms with Gasteiger partial charge in [0.2, 0.25) is 0 Å². The van der Waals surface area contributed by atoms with E-state index in [9.17, 15) is 24.5 Å². The first kappa shape index (κ1) is 23.2. The number of hydrogen-bond acceptors (Lipinski definition) is 7. The second kappa shape index (κ2) is 8.25. The Kier molecular flexibility index (Phi) is 6.18. The van der Waals surface area contributed by atoms with Crippen LogP contribution in [0.2, 0.25) is 0 Å². The minimum absolute atomic E-state index is 0.00539. The van der Waals surface area contributed by atoms with Gasteiger partial charge >= 0.3 is 6.03 Å². The van der Waals surface area contributed by atoms with Gasteiger partial charge in [0.15, 0.2) is 9.92 Å². The van der Waals surface area contributed by atoms with Crippen LogP contribution in [0.1, 0.15) is 61.4 Å². The minimum Gasteiger partial charge on any atom is -0.393 e. The van der Waals surface area contributed by atoms with E-state index >= 15 is 4.39 Å². The number of hydrogen-bond donors (Lipinski definition) is 4. The summed E-state index contributed by atoms with van der Waals surface area (Å²) < 4.78 is 35.3. The van der Waals surface area contributed by atoms with Gasteiger partial charge in [0.1, 0.15) is 26.7 Å². The van der Waals surface area contributed by atoms with Crippen LogP contribution in [0.5, 0.6) is 0 Å². The number of nitrogens with zero attached hydrogens (tertiary/aromatic N) is 3. The van der Waals surface area contributed by atoms with Crippen molar-refractivity contribution < 1.29 is 23.6 Å². The molecule has 2 aromatic rings. The summed E-state index contributed by atoms with van der Waals surface area (Å²) in [4.78, 5) is 16.6. The van der Waals surface area contributed by atoms with Crippen LogP contribution in [0.4, 0.5) is 14.9 Å². The third-order valence-corrected chi connectivity index (χ3v) is 8.53. The Morgan fingerprint density at radius 1 is 1.48 bits per heavy atom. The predicted molar refractivity (Wildman–Crippen MR) is 113 cm³/mol. The standard InChI is InChI=1S/C19H22FN5O4S2/c1-9(2)12-5-11(6-21)15(20)14-10(3)24-31(29,25-18(27)23-16(12)14)13-7-22-17(30-13)19(4,28)8-26/h5,7,9-10,26,28H,8H2,1-4H3,(H2,23,24,25,27,29). The normalized spacial score (nSPS) is 23.1. The van der Waals surface area contributed by atoms with E-state index in [0.717, 1.165) is 11.3 Å². The molecule has 31 heavy (non-hydrogen) atoms. The van der Waals surface area contributed by atoms with Crippen LogP contribution < -0.4 is 10.0 Å². The summed E-state index contributed by atoms with van der Waals surface area (Å²) in [5.74, 6) is -0.957. The molecule has 0 aliphatic carbocycles. The number of anilines is 1. The van der Waals surface area contributed by atoms with Crippen LogP contribution in [-0.2, 0) is 15.5 Å². The molecule has 4 N–H and O–H groups in total. The third kappa shape index (κ3) is 4.19. The van der Waals surface area contributed by atoms with Gasteiger partial charge in [0.05, 0.1) is 24.1 Å². The van der Waals surface area contributed by atoms with Crippen LogP contribution in [0.15, 0.2) is 20.8 Å². The van der Waals surface area contributed by atoms with Crippen molar-refractivity contribution in [2.24, 2.45) is 4.36 Å². The molecular formula is C19H22FN5O4S2. The fourth-order valence-corrected chi connectivity index (χ4v) is 6.12. The molecule has 0 bridgehead atoms. The fourth-order valence-electron chi connectivity index (χ4n) is 3.16. The maximum Gasteiger partial charge on any atom is 0.354 e. The van der Waals surface area contributed by atoms with Gasteiger partial charge in [-0.3, -0.25) is 0 Å². The van der Waals surface area contributed by atoms with Crippen LogP contribution in [0.3, 0.4) is 0 Å².